The first-order valence-electron chi connectivity index (χ1n) is 10.3. The lowest BCUT2D eigenvalue weighted by molar-refractivity contribution is -0.153. The highest BCUT2D eigenvalue weighted by Crippen LogP contribution is 2.45. The van der Waals surface area contributed by atoms with Gasteiger partial charge in [0, 0.05) is 11.3 Å². The van der Waals surface area contributed by atoms with Crippen LogP contribution in [0, 0.1) is 12.8 Å². The SMILES string of the molecule is Cc1cc(C(C)(CC2CC2)NC(=O)c2ccc(C3CC3)c(OCC(F)(F)F)c2)n[nH]1. The van der Waals surface area contributed by atoms with Gasteiger partial charge >= 0.3 is 6.18 Å². The molecule has 1 atom stereocenters. The number of alkyl halides is 3. The lowest BCUT2D eigenvalue weighted by atomic mass is 9.90. The van der Waals surface area contributed by atoms with Crippen LogP contribution in [0.1, 0.15) is 72.3 Å². The molecule has 1 unspecified atom stereocenters. The van der Waals surface area contributed by atoms with E-state index in [1.54, 1.807) is 12.1 Å². The Morgan fingerprint density at radius 1 is 1.23 bits per heavy atom. The summed E-state index contributed by atoms with van der Waals surface area (Å²) in [6.07, 6.45) is 0.429. The summed E-state index contributed by atoms with van der Waals surface area (Å²) in [4.78, 5) is 13.1. The van der Waals surface area contributed by atoms with Gasteiger partial charge in [-0.25, -0.2) is 0 Å². The number of aryl methyl sites for hydroxylation is 1. The van der Waals surface area contributed by atoms with Crippen molar-refractivity contribution in [3.63, 3.8) is 0 Å². The standard InChI is InChI=1S/C22H26F3N3O2/c1-13-9-19(28-27-13)21(2,11-14-3-4-14)26-20(29)16-7-8-17(15-5-6-15)18(10-16)30-12-22(23,24)25/h7-10,14-15H,3-6,11-12H2,1-2H3,(H,26,29)(H,27,28). The van der Waals surface area contributed by atoms with Crippen LogP contribution in [0.5, 0.6) is 5.75 Å². The summed E-state index contributed by atoms with van der Waals surface area (Å²) >= 11 is 0. The van der Waals surface area contributed by atoms with Crippen LogP contribution in [0.2, 0.25) is 0 Å². The molecule has 2 aliphatic carbocycles. The van der Waals surface area contributed by atoms with E-state index in [0.717, 1.165) is 49.1 Å². The number of halogens is 3. The Labute approximate surface area is 173 Å². The van der Waals surface area contributed by atoms with E-state index in [0.29, 0.717) is 5.92 Å². The third-order valence-corrected chi connectivity index (χ3v) is 5.74. The fraction of sp³-hybridized carbons (Fsp3) is 0.545. The van der Waals surface area contributed by atoms with Crippen molar-refractivity contribution >= 4 is 5.91 Å². The van der Waals surface area contributed by atoms with Crippen LogP contribution in [0.3, 0.4) is 0 Å². The number of rotatable bonds is 8. The van der Waals surface area contributed by atoms with Gasteiger partial charge in [-0.05, 0) is 68.7 Å². The Hall–Kier alpha value is -2.51. The molecule has 0 bridgehead atoms. The van der Waals surface area contributed by atoms with Gasteiger partial charge in [0.05, 0.1) is 11.2 Å². The molecule has 2 aromatic rings. The summed E-state index contributed by atoms with van der Waals surface area (Å²) in [5.41, 5.74) is 2.01. The quantitative estimate of drug-likeness (QED) is 0.632. The third kappa shape index (κ3) is 4.96. The second-order valence-corrected chi connectivity index (χ2v) is 8.80. The minimum Gasteiger partial charge on any atom is -0.484 e. The Morgan fingerprint density at radius 3 is 2.53 bits per heavy atom. The van der Waals surface area contributed by atoms with Crippen LogP contribution in [0.4, 0.5) is 13.2 Å². The molecule has 2 fully saturated rings. The van der Waals surface area contributed by atoms with Crippen LogP contribution in [0.25, 0.3) is 0 Å². The molecule has 2 N–H and O–H groups in total. The third-order valence-electron chi connectivity index (χ3n) is 5.74. The highest BCUT2D eigenvalue weighted by molar-refractivity contribution is 5.95. The maximum atomic E-state index is 13.1. The van der Waals surface area contributed by atoms with E-state index in [2.05, 4.69) is 15.5 Å². The first kappa shape index (κ1) is 20.8. The summed E-state index contributed by atoms with van der Waals surface area (Å²) in [6, 6.07) is 6.73. The van der Waals surface area contributed by atoms with E-state index in [1.807, 2.05) is 19.9 Å². The Bertz CT molecular complexity index is 932. The predicted octanol–water partition coefficient (Wildman–Crippen LogP) is 4.98. The number of hydrogen-bond acceptors (Lipinski definition) is 3. The van der Waals surface area contributed by atoms with Gasteiger partial charge in [-0.15, -0.1) is 0 Å². The number of aromatic nitrogens is 2. The monoisotopic (exact) mass is 421 g/mol. The second-order valence-electron chi connectivity index (χ2n) is 8.80. The molecule has 2 saturated carbocycles. The van der Waals surface area contributed by atoms with Crippen molar-refractivity contribution in [1.29, 1.82) is 0 Å². The van der Waals surface area contributed by atoms with Gasteiger partial charge in [-0.2, -0.15) is 18.3 Å². The van der Waals surface area contributed by atoms with E-state index >= 15 is 0 Å². The van der Waals surface area contributed by atoms with Crippen molar-refractivity contribution in [2.24, 2.45) is 5.92 Å². The number of benzene rings is 1. The average Bonchev–Trinajstić information content (AvgIpc) is 3.59. The van der Waals surface area contributed by atoms with Crippen molar-refractivity contribution in [2.45, 2.75) is 63.6 Å². The molecule has 1 amide bonds. The van der Waals surface area contributed by atoms with E-state index in [-0.39, 0.29) is 23.1 Å². The average molecular weight is 421 g/mol. The van der Waals surface area contributed by atoms with Gasteiger partial charge in [0.15, 0.2) is 6.61 Å². The molecule has 0 saturated heterocycles. The Kier molecular flexibility index (Phi) is 5.28. The number of nitrogens with zero attached hydrogens (tertiary/aromatic N) is 1. The molecule has 0 aliphatic heterocycles. The van der Waals surface area contributed by atoms with Gasteiger partial charge in [-0.3, -0.25) is 9.89 Å². The van der Waals surface area contributed by atoms with Crippen molar-refractivity contribution < 1.29 is 22.7 Å². The van der Waals surface area contributed by atoms with Gasteiger partial charge in [-0.1, -0.05) is 18.9 Å². The highest BCUT2D eigenvalue weighted by atomic mass is 19.4. The molecule has 2 aliphatic rings. The zero-order valence-electron chi connectivity index (χ0n) is 17.1. The Balaban J connectivity index is 1.56. The number of carbonyl (C=O) groups excluding carboxylic acids is 1. The number of ether oxygens (including phenoxy) is 1. The maximum absolute atomic E-state index is 13.1. The van der Waals surface area contributed by atoms with E-state index in [9.17, 15) is 18.0 Å². The molecule has 30 heavy (non-hydrogen) atoms. The summed E-state index contributed by atoms with van der Waals surface area (Å²) < 4.78 is 43.1. The molecule has 8 heteroatoms. The molecular weight excluding hydrogens is 395 g/mol. The van der Waals surface area contributed by atoms with Crippen molar-refractivity contribution in [3.8, 4) is 5.75 Å². The molecule has 1 aromatic heterocycles. The normalized spacial score (nSPS) is 18.7. The Morgan fingerprint density at radius 2 is 1.97 bits per heavy atom. The zero-order chi connectivity index (χ0) is 21.5. The largest absolute Gasteiger partial charge is 0.484 e. The number of carbonyl (C=O) groups is 1. The molecule has 5 nitrogen and oxygen atoms in total. The number of nitrogens with one attached hydrogen (secondary N) is 2. The molecule has 0 spiro atoms. The maximum Gasteiger partial charge on any atom is 0.422 e. The molecule has 162 valence electrons. The number of hydrogen-bond donors (Lipinski definition) is 2. The van der Waals surface area contributed by atoms with Crippen molar-refractivity contribution in [3.05, 3.63) is 46.8 Å². The fourth-order valence-corrected chi connectivity index (χ4v) is 3.83. The second kappa shape index (κ2) is 7.63. The lowest BCUT2D eigenvalue weighted by Crippen LogP contribution is -2.44. The van der Waals surface area contributed by atoms with Gasteiger partial charge in [0.2, 0.25) is 0 Å². The van der Waals surface area contributed by atoms with Crippen molar-refractivity contribution in [2.75, 3.05) is 6.61 Å². The zero-order valence-corrected chi connectivity index (χ0v) is 17.1. The summed E-state index contributed by atoms with van der Waals surface area (Å²) in [5, 5.41) is 10.3. The fourth-order valence-electron chi connectivity index (χ4n) is 3.83. The van der Waals surface area contributed by atoms with Crippen LogP contribution in [-0.2, 0) is 5.54 Å². The first-order valence-corrected chi connectivity index (χ1v) is 10.3. The van der Waals surface area contributed by atoms with Crippen LogP contribution in [-0.4, -0.2) is 28.9 Å². The van der Waals surface area contributed by atoms with Gasteiger partial charge < -0.3 is 10.1 Å². The number of H-pyrrole nitrogens is 1. The first-order chi connectivity index (χ1) is 14.1. The summed E-state index contributed by atoms with van der Waals surface area (Å²) in [7, 11) is 0. The lowest BCUT2D eigenvalue weighted by Gasteiger charge is -2.29. The molecule has 1 heterocycles. The molecular formula is C22H26F3N3O2. The van der Waals surface area contributed by atoms with E-state index in [4.69, 9.17) is 4.74 Å². The van der Waals surface area contributed by atoms with Gasteiger partial charge in [0.1, 0.15) is 5.75 Å². The topological polar surface area (TPSA) is 67.0 Å². The molecule has 0 radical (unpaired) electrons. The number of aromatic amines is 1. The van der Waals surface area contributed by atoms with Crippen LogP contribution in [0.15, 0.2) is 24.3 Å². The van der Waals surface area contributed by atoms with Crippen LogP contribution >= 0.6 is 0 Å². The van der Waals surface area contributed by atoms with E-state index in [1.165, 1.54) is 6.07 Å². The molecule has 1 aromatic carbocycles. The predicted molar refractivity (Wildman–Crippen MR) is 105 cm³/mol. The highest BCUT2D eigenvalue weighted by Gasteiger charge is 2.38. The smallest absolute Gasteiger partial charge is 0.422 e. The van der Waals surface area contributed by atoms with Gasteiger partial charge in [0.25, 0.3) is 5.91 Å². The minimum atomic E-state index is -4.43. The molecule has 4 rings (SSSR count). The van der Waals surface area contributed by atoms with Crippen LogP contribution < -0.4 is 10.1 Å². The van der Waals surface area contributed by atoms with Crippen molar-refractivity contribution in [1.82, 2.24) is 15.5 Å². The van der Waals surface area contributed by atoms with E-state index < -0.39 is 18.3 Å². The summed E-state index contributed by atoms with van der Waals surface area (Å²) in [6.45, 7) is 2.47. The number of amides is 1. The summed E-state index contributed by atoms with van der Waals surface area (Å²) in [5.74, 6) is 0.535. The minimum absolute atomic E-state index is 0.141.